The summed E-state index contributed by atoms with van der Waals surface area (Å²) in [6, 6.07) is 0. The molecule has 1 radical (unpaired) electrons. The summed E-state index contributed by atoms with van der Waals surface area (Å²) in [5.41, 5.74) is 0. The topological polar surface area (TPSA) is 0 Å². The third kappa shape index (κ3) is 5.64. The van der Waals surface area contributed by atoms with Gasteiger partial charge in [0, 0.05) is 6.42 Å². The third-order valence-electron chi connectivity index (χ3n) is 2.66. The van der Waals surface area contributed by atoms with Crippen LogP contribution in [-0.4, -0.2) is 12.1 Å². The van der Waals surface area contributed by atoms with E-state index >= 15 is 0 Å². The third-order valence-corrected chi connectivity index (χ3v) is 2.66. The van der Waals surface area contributed by atoms with E-state index in [-0.39, 0.29) is 0 Å². The normalized spacial score (nSPS) is 15.4. The Morgan fingerprint density at radius 3 is 1.94 bits per heavy atom. The van der Waals surface area contributed by atoms with Gasteiger partial charge in [-0.1, -0.05) is 39.5 Å². The maximum Gasteiger partial charge on any atom is 0.432 e. The molecule has 0 amide bonds. The molecule has 0 saturated carbocycles. The first-order valence-electron chi connectivity index (χ1n) is 5.63. The van der Waals surface area contributed by atoms with Gasteiger partial charge in [0.1, 0.15) is 0 Å². The second kappa shape index (κ2) is 6.50. The van der Waals surface area contributed by atoms with Crippen molar-refractivity contribution in [3.63, 3.8) is 0 Å². The van der Waals surface area contributed by atoms with Gasteiger partial charge in [0.15, 0.2) is 0 Å². The van der Waals surface area contributed by atoms with Crippen LogP contribution in [0.15, 0.2) is 0 Å². The lowest BCUT2D eigenvalue weighted by Gasteiger charge is -2.25. The highest BCUT2D eigenvalue weighted by molar-refractivity contribution is 5.00. The fourth-order valence-electron chi connectivity index (χ4n) is 1.60. The van der Waals surface area contributed by atoms with E-state index < -0.39 is 30.6 Å². The number of rotatable bonds is 7. The van der Waals surface area contributed by atoms with Crippen LogP contribution < -0.4 is 0 Å². The SMILES string of the molecule is CCCCC(CC)CC(F)(F)[C](F)C(F)(F)F. The van der Waals surface area contributed by atoms with Crippen molar-refractivity contribution < 1.29 is 26.3 Å². The monoisotopic (exact) mass is 263 g/mol. The second-order valence-corrected chi connectivity index (χ2v) is 4.14. The summed E-state index contributed by atoms with van der Waals surface area (Å²) in [5.74, 6) is -5.00. The second-order valence-electron chi connectivity index (χ2n) is 4.14. The summed E-state index contributed by atoms with van der Waals surface area (Å²) in [7, 11) is 0. The summed E-state index contributed by atoms with van der Waals surface area (Å²) in [6.45, 7) is 3.47. The Labute approximate surface area is 97.4 Å². The van der Waals surface area contributed by atoms with Crippen LogP contribution in [0.4, 0.5) is 26.3 Å². The highest BCUT2D eigenvalue weighted by atomic mass is 19.4. The van der Waals surface area contributed by atoms with Gasteiger partial charge in [-0.15, -0.1) is 0 Å². The van der Waals surface area contributed by atoms with Crippen LogP contribution in [0, 0.1) is 12.1 Å². The van der Waals surface area contributed by atoms with E-state index in [2.05, 4.69) is 0 Å². The van der Waals surface area contributed by atoms with Crippen molar-refractivity contribution in [2.45, 2.75) is 58.1 Å². The number of unbranched alkanes of at least 4 members (excludes halogenated alkanes) is 1. The maximum absolute atomic E-state index is 13.0. The number of alkyl halides is 5. The standard InChI is InChI=1S/C11H17F6/c1-3-5-6-8(4-2)7-10(13,14)9(12)11(15,16)17/h8H,3-7H2,1-2H3. The highest BCUT2D eigenvalue weighted by Gasteiger charge is 2.58. The summed E-state index contributed by atoms with van der Waals surface area (Å²) in [6.07, 6.45) is -7.69. The van der Waals surface area contributed by atoms with Crippen molar-refractivity contribution in [1.82, 2.24) is 0 Å². The summed E-state index contributed by atoms with van der Waals surface area (Å²) >= 11 is 0. The molecule has 0 aliphatic rings. The van der Waals surface area contributed by atoms with E-state index in [9.17, 15) is 26.3 Å². The first-order valence-corrected chi connectivity index (χ1v) is 5.63. The molecule has 0 saturated heterocycles. The number of hydrogen-bond acceptors (Lipinski definition) is 0. The summed E-state index contributed by atoms with van der Waals surface area (Å²) in [5, 5.41) is 0. The molecule has 0 aliphatic heterocycles. The molecule has 0 heterocycles. The molecule has 0 aromatic carbocycles. The van der Waals surface area contributed by atoms with Crippen molar-refractivity contribution in [2.75, 3.05) is 0 Å². The minimum absolute atomic E-state index is 0.320. The minimum Gasteiger partial charge on any atom is -0.223 e. The van der Waals surface area contributed by atoms with Gasteiger partial charge in [-0.3, -0.25) is 0 Å². The average molecular weight is 263 g/mol. The van der Waals surface area contributed by atoms with Crippen molar-refractivity contribution in [1.29, 1.82) is 0 Å². The van der Waals surface area contributed by atoms with Gasteiger partial charge in [0.05, 0.1) is 0 Å². The highest BCUT2D eigenvalue weighted by Crippen LogP contribution is 2.45. The smallest absolute Gasteiger partial charge is 0.223 e. The van der Waals surface area contributed by atoms with E-state index in [0.29, 0.717) is 19.3 Å². The lowest BCUT2D eigenvalue weighted by molar-refractivity contribution is -0.195. The lowest BCUT2D eigenvalue weighted by atomic mass is 9.91. The Kier molecular flexibility index (Phi) is 6.34. The summed E-state index contributed by atoms with van der Waals surface area (Å²) in [4.78, 5) is 0. The molecule has 17 heavy (non-hydrogen) atoms. The van der Waals surface area contributed by atoms with Crippen LogP contribution in [0.3, 0.4) is 0 Å². The van der Waals surface area contributed by atoms with Crippen LogP contribution in [-0.2, 0) is 0 Å². The van der Waals surface area contributed by atoms with Crippen molar-refractivity contribution in [3.8, 4) is 0 Å². The molecule has 0 nitrogen and oxygen atoms in total. The van der Waals surface area contributed by atoms with Gasteiger partial charge in [-0.2, -0.15) is 13.2 Å². The molecule has 0 N–H and O–H groups in total. The van der Waals surface area contributed by atoms with Gasteiger partial charge >= 0.3 is 12.3 Å². The molecule has 6 heteroatoms. The predicted octanol–water partition coefficient (Wildman–Crippen LogP) is 5.29. The van der Waals surface area contributed by atoms with E-state index in [4.69, 9.17) is 0 Å². The number of halogens is 6. The Balaban J connectivity index is 4.49. The first-order chi connectivity index (χ1) is 7.65. The van der Waals surface area contributed by atoms with Gasteiger partial charge < -0.3 is 0 Å². The van der Waals surface area contributed by atoms with Gasteiger partial charge in [0.25, 0.3) is 5.92 Å². The zero-order valence-electron chi connectivity index (χ0n) is 9.88. The predicted molar refractivity (Wildman–Crippen MR) is 53.3 cm³/mol. The van der Waals surface area contributed by atoms with E-state index in [1.807, 2.05) is 6.92 Å². The Bertz CT molecular complexity index is 210. The molecule has 0 fully saturated rings. The molecule has 0 rings (SSSR count). The molecular weight excluding hydrogens is 246 g/mol. The molecule has 1 unspecified atom stereocenters. The Morgan fingerprint density at radius 2 is 1.59 bits per heavy atom. The Morgan fingerprint density at radius 1 is 1.06 bits per heavy atom. The molecule has 1 atom stereocenters. The fraction of sp³-hybridized carbons (Fsp3) is 0.909. The van der Waals surface area contributed by atoms with Gasteiger partial charge in [-0.05, 0) is 5.92 Å². The minimum atomic E-state index is -5.58. The lowest BCUT2D eigenvalue weighted by Crippen LogP contribution is -2.36. The molecule has 0 spiro atoms. The van der Waals surface area contributed by atoms with Crippen LogP contribution in [0.1, 0.15) is 46.0 Å². The quantitative estimate of drug-likeness (QED) is 0.547. The number of hydrogen-bond donors (Lipinski definition) is 0. The van der Waals surface area contributed by atoms with Crippen molar-refractivity contribution >= 4 is 0 Å². The van der Waals surface area contributed by atoms with Crippen molar-refractivity contribution in [2.24, 2.45) is 5.92 Å². The van der Waals surface area contributed by atoms with Gasteiger partial charge in [0.2, 0.25) is 0 Å². The largest absolute Gasteiger partial charge is 0.432 e. The van der Waals surface area contributed by atoms with Crippen LogP contribution >= 0.6 is 0 Å². The zero-order chi connectivity index (χ0) is 13.7. The van der Waals surface area contributed by atoms with Crippen LogP contribution in [0.2, 0.25) is 0 Å². The molecule has 103 valence electrons. The fourth-order valence-corrected chi connectivity index (χ4v) is 1.60. The van der Waals surface area contributed by atoms with E-state index in [1.54, 1.807) is 6.92 Å². The molecular formula is C11H17F6. The van der Waals surface area contributed by atoms with Crippen LogP contribution in [0.25, 0.3) is 0 Å². The van der Waals surface area contributed by atoms with E-state index in [1.165, 1.54) is 0 Å². The van der Waals surface area contributed by atoms with E-state index in [0.717, 1.165) is 6.42 Å². The van der Waals surface area contributed by atoms with Crippen molar-refractivity contribution in [3.05, 3.63) is 6.17 Å². The zero-order valence-corrected chi connectivity index (χ0v) is 9.88. The first kappa shape index (κ1) is 16.6. The summed E-state index contributed by atoms with van der Waals surface area (Å²) < 4.78 is 74.2. The average Bonchev–Trinajstić information content (AvgIpc) is 2.21. The van der Waals surface area contributed by atoms with Crippen LogP contribution in [0.5, 0.6) is 0 Å². The molecule has 0 bridgehead atoms. The Hall–Kier alpha value is -0.420. The molecule has 0 aromatic rings. The van der Waals surface area contributed by atoms with Gasteiger partial charge in [-0.25, -0.2) is 13.2 Å². The molecule has 0 aliphatic carbocycles. The maximum atomic E-state index is 13.0. The molecule has 0 aromatic heterocycles.